The summed E-state index contributed by atoms with van der Waals surface area (Å²) in [6, 6.07) is 3.52. The third kappa shape index (κ3) is 6.34. The SMILES string of the molecule is C#Cc1c(F)ccc2cc(O)cc(-c3nc(C)c4c(N5C[C@H]6CC[C@@H](C5)N6C(=O)C(F)(F)F)nc(OCC5(CN6CCC(F)CC6)CC5)nc4c3F)c12. The number of ether oxygens (including phenoxy) is 1. The number of fused-ring (bicyclic) bond motifs is 4. The van der Waals surface area contributed by atoms with E-state index in [9.17, 15) is 31.9 Å². The van der Waals surface area contributed by atoms with Crippen molar-refractivity contribution in [2.24, 2.45) is 5.41 Å². The third-order valence-electron chi connectivity index (χ3n) is 11.2. The number of carbonyl (C=O) groups excluding carboxylic acids is 1. The highest BCUT2D eigenvalue weighted by Crippen LogP contribution is 2.47. The molecule has 1 aliphatic carbocycles. The van der Waals surface area contributed by atoms with Crippen LogP contribution in [-0.4, -0.2) is 99.5 Å². The summed E-state index contributed by atoms with van der Waals surface area (Å²) in [6.45, 7) is 3.78. The number of anilines is 1. The van der Waals surface area contributed by atoms with Gasteiger partial charge in [0.15, 0.2) is 5.82 Å². The highest BCUT2D eigenvalue weighted by molar-refractivity contribution is 6.03. The summed E-state index contributed by atoms with van der Waals surface area (Å²) < 4.78 is 92.7. The fourth-order valence-electron chi connectivity index (χ4n) is 8.36. The van der Waals surface area contributed by atoms with Gasteiger partial charge in [-0.05, 0) is 69.0 Å². The maximum Gasteiger partial charge on any atom is 0.471 e. The second kappa shape index (κ2) is 12.9. The fraction of sp³-hybridized carbons (Fsp3) is 0.474. The van der Waals surface area contributed by atoms with Gasteiger partial charge in [-0.1, -0.05) is 12.0 Å². The lowest BCUT2D eigenvalue weighted by Crippen LogP contribution is -2.59. The summed E-state index contributed by atoms with van der Waals surface area (Å²) >= 11 is 0. The Morgan fingerprint density at radius 3 is 2.38 bits per heavy atom. The minimum Gasteiger partial charge on any atom is -0.508 e. The number of terminal acetylenes is 1. The highest BCUT2D eigenvalue weighted by Gasteiger charge is 2.52. The maximum atomic E-state index is 17.1. The summed E-state index contributed by atoms with van der Waals surface area (Å²) in [7, 11) is 0. The van der Waals surface area contributed by atoms with Crippen molar-refractivity contribution in [3.63, 3.8) is 0 Å². The van der Waals surface area contributed by atoms with Gasteiger partial charge in [-0.15, -0.1) is 6.42 Å². The van der Waals surface area contributed by atoms with Gasteiger partial charge in [0.1, 0.15) is 34.8 Å². The molecule has 2 aromatic carbocycles. The maximum absolute atomic E-state index is 17.1. The van der Waals surface area contributed by atoms with Crippen LogP contribution in [0.15, 0.2) is 24.3 Å². The number of rotatable bonds is 7. The number of aromatic hydroxyl groups is 1. The molecule has 1 saturated carbocycles. The number of benzene rings is 2. The van der Waals surface area contributed by atoms with Gasteiger partial charge >= 0.3 is 18.1 Å². The van der Waals surface area contributed by atoms with Crippen LogP contribution in [0.25, 0.3) is 32.9 Å². The zero-order valence-electron chi connectivity index (χ0n) is 28.8. The quantitative estimate of drug-likeness (QED) is 0.171. The van der Waals surface area contributed by atoms with E-state index in [1.165, 1.54) is 18.2 Å². The molecule has 1 amide bonds. The summed E-state index contributed by atoms with van der Waals surface area (Å²) in [5, 5.41) is 11.3. The van der Waals surface area contributed by atoms with Gasteiger partial charge in [-0.25, -0.2) is 18.2 Å². The van der Waals surface area contributed by atoms with Crippen molar-refractivity contribution in [3.05, 3.63) is 47.2 Å². The Balaban J connectivity index is 1.22. The molecule has 53 heavy (non-hydrogen) atoms. The lowest BCUT2D eigenvalue weighted by molar-refractivity contribution is -0.188. The van der Waals surface area contributed by atoms with Crippen LogP contribution in [0.4, 0.5) is 32.2 Å². The van der Waals surface area contributed by atoms with Crippen LogP contribution in [0.1, 0.15) is 49.8 Å². The van der Waals surface area contributed by atoms with Crippen molar-refractivity contribution in [1.82, 2.24) is 24.8 Å². The number of likely N-dealkylation sites (tertiary alicyclic amines) is 1. The van der Waals surface area contributed by atoms with Crippen LogP contribution >= 0.6 is 0 Å². The monoisotopic (exact) mass is 738 g/mol. The highest BCUT2D eigenvalue weighted by atomic mass is 19.4. The average Bonchev–Trinajstić information content (AvgIpc) is 3.84. The van der Waals surface area contributed by atoms with Gasteiger partial charge in [0.2, 0.25) is 0 Å². The molecular weight excluding hydrogens is 702 g/mol. The number of hydrogen-bond donors (Lipinski definition) is 1. The summed E-state index contributed by atoms with van der Waals surface area (Å²) in [4.78, 5) is 31.1. The fourth-order valence-corrected chi connectivity index (χ4v) is 8.36. The number of phenolic OH excluding ortho intramolecular Hbond substituents is 1. The molecule has 8 rings (SSSR count). The van der Waals surface area contributed by atoms with Crippen LogP contribution in [0.2, 0.25) is 0 Å². The van der Waals surface area contributed by atoms with Gasteiger partial charge in [0, 0.05) is 49.1 Å². The van der Waals surface area contributed by atoms with E-state index >= 15 is 4.39 Å². The number of pyridine rings is 1. The Labute approximate surface area is 300 Å². The molecule has 1 N–H and O–H groups in total. The van der Waals surface area contributed by atoms with Crippen molar-refractivity contribution < 1.29 is 41.0 Å². The van der Waals surface area contributed by atoms with E-state index in [4.69, 9.17) is 16.1 Å². The molecule has 3 saturated heterocycles. The van der Waals surface area contributed by atoms with E-state index in [0.717, 1.165) is 23.8 Å². The standard InChI is InChI=1S/C38H36F6N6O3/c1-3-26-28(40)7-4-21-14-25(51)15-27(30(21)26)32-31(41)33-29(20(2)45-32)34(49-16-23-5-6-24(17-49)50(23)35(52)38(42,43)44)47-36(46-33)53-19-37(10-11-37)18-48-12-8-22(39)9-13-48/h1,4,7,14-15,22-24,51H,5-6,8-13,16-19H2,2H3/t23-,24+. The number of piperidine rings is 1. The second-order valence-electron chi connectivity index (χ2n) is 14.8. The van der Waals surface area contributed by atoms with Crippen LogP contribution in [0.3, 0.4) is 0 Å². The molecule has 5 heterocycles. The number of aryl methyl sites for hydroxylation is 1. The minimum atomic E-state index is -5.02. The van der Waals surface area contributed by atoms with Crippen molar-refractivity contribution in [3.8, 4) is 35.4 Å². The molecule has 0 spiro atoms. The van der Waals surface area contributed by atoms with Gasteiger partial charge in [-0.2, -0.15) is 23.1 Å². The molecule has 4 aliphatic rings. The Morgan fingerprint density at radius 1 is 1.04 bits per heavy atom. The third-order valence-corrected chi connectivity index (χ3v) is 11.2. The van der Waals surface area contributed by atoms with Gasteiger partial charge in [-0.3, -0.25) is 4.79 Å². The molecule has 2 aromatic heterocycles. The summed E-state index contributed by atoms with van der Waals surface area (Å²) in [6.07, 6.45) is 3.22. The number of hydrogen-bond acceptors (Lipinski definition) is 8. The Bertz CT molecular complexity index is 2160. The first-order valence-electron chi connectivity index (χ1n) is 17.7. The largest absolute Gasteiger partial charge is 0.508 e. The number of carbonyl (C=O) groups is 1. The number of nitrogens with zero attached hydrogens (tertiary/aromatic N) is 6. The van der Waals surface area contributed by atoms with Gasteiger partial charge in [0.05, 0.1) is 35.3 Å². The second-order valence-corrected chi connectivity index (χ2v) is 14.8. The molecule has 9 nitrogen and oxygen atoms in total. The molecule has 4 aromatic rings. The molecule has 15 heteroatoms. The molecule has 0 unspecified atom stereocenters. The topological polar surface area (TPSA) is 94.9 Å². The van der Waals surface area contributed by atoms with Gasteiger partial charge < -0.3 is 24.5 Å². The van der Waals surface area contributed by atoms with Crippen molar-refractivity contribution in [1.29, 1.82) is 0 Å². The van der Waals surface area contributed by atoms with Crippen molar-refractivity contribution >= 4 is 33.4 Å². The lowest BCUT2D eigenvalue weighted by Gasteiger charge is -2.42. The van der Waals surface area contributed by atoms with Crippen LogP contribution in [-0.2, 0) is 4.79 Å². The van der Waals surface area contributed by atoms with E-state index < -0.39 is 42.0 Å². The molecule has 2 bridgehead atoms. The molecule has 4 fully saturated rings. The van der Waals surface area contributed by atoms with E-state index in [0.29, 0.717) is 50.7 Å². The predicted octanol–water partition coefficient (Wildman–Crippen LogP) is 6.45. The Hall–Kier alpha value is -4.84. The number of amides is 1. The predicted molar refractivity (Wildman–Crippen MR) is 184 cm³/mol. The summed E-state index contributed by atoms with van der Waals surface area (Å²) in [5.74, 6) is -1.25. The first-order chi connectivity index (χ1) is 25.2. The molecule has 2 atom stereocenters. The molecule has 0 radical (unpaired) electrons. The Morgan fingerprint density at radius 2 is 1.74 bits per heavy atom. The van der Waals surface area contributed by atoms with Crippen LogP contribution in [0.5, 0.6) is 11.8 Å². The van der Waals surface area contributed by atoms with E-state index in [1.54, 1.807) is 11.8 Å². The van der Waals surface area contributed by atoms with Crippen LogP contribution < -0.4 is 9.64 Å². The zero-order valence-corrected chi connectivity index (χ0v) is 28.8. The van der Waals surface area contributed by atoms with E-state index in [-0.39, 0.29) is 81.5 Å². The number of piperazine rings is 1. The van der Waals surface area contributed by atoms with E-state index in [2.05, 4.69) is 20.8 Å². The van der Waals surface area contributed by atoms with Crippen molar-refractivity contribution in [2.45, 2.75) is 69.9 Å². The smallest absolute Gasteiger partial charge is 0.471 e. The Kier molecular flexibility index (Phi) is 8.59. The van der Waals surface area contributed by atoms with Gasteiger partial charge in [0.25, 0.3) is 0 Å². The number of alkyl halides is 4. The number of aromatic nitrogens is 3. The zero-order chi connectivity index (χ0) is 37.4. The molecular formula is C38H36F6N6O3. The first kappa shape index (κ1) is 35.2. The molecule has 278 valence electrons. The minimum absolute atomic E-state index is 0.00312. The lowest BCUT2D eigenvalue weighted by atomic mass is 9.95. The first-order valence-corrected chi connectivity index (χ1v) is 17.7. The van der Waals surface area contributed by atoms with Crippen molar-refractivity contribution in [2.75, 3.05) is 44.2 Å². The molecule has 3 aliphatic heterocycles. The average molecular weight is 739 g/mol. The summed E-state index contributed by atoms with van der Waals surface area (Å²) in [5.41, 5.74) is -0.537. The van der Waals surface area contributed by atoms with E-state index in [1.807, 2.05) is 0 Å². The normalized spacial score (nSPS) is 21.7. The number of halogens is 6. The number of phenols is 1. The van der Waals surface area contributed by atoms with Crippen LogP contribution in [0, 0.1) is 36.3 Å².